The van der Waals surface area contributed by atoms with Gasteiger partial charge in [-0.3, -0.25) is 4.79 Å². The fourth-order valence-electron chi connectivity index (χ4n) is 3.48. The van der Waals surface area contributed by atoms with Crippen molar-refractivity contribution in [3.05, 3.63) is 89.4 Å². The number of amides is 1. The minimum atomic E-state index is -3.38. The van der Waals surface area contributed by atoms with Gasteiger partial charge in [-0.1, -0.05) is 29.8 Å². The number of sulfone groups is 1. The van der Waals surface area contributed by atoms with Crippen LogP contribution in [0.15, 0.2) is 81.3 Å². The SMILES string of the molecule is Cc1ccc(C2=NN(C(=O)COC(=O)c3ccc(S(C)(=O)=O)cc3)C(c3ccco3)C2)cc1. The first kappa shape index (κ1) is 22.5. The van der Waals surface area contributed by atoms with Crippen molar-refractivity contribution in [3.63, 3.8) is 0 Å². The zero-order valence-corrected chi connectivity index (χ0v) is 18.9. The maximum atomic E-state index is 12.9. The van der Waals surface area contributed by atoms with Crippen LogP contribution in [-0.2, 0) is 19.4 Å². The van der Waals surface area contributed by atoms with Crippen molar-refractivity contribution < 1.29 is 27.2 Å². The van der Waals surface area contributed by atoms with Crippen molar-refractivity contribution in [2.45, 2.75) is 24.3 Å². The van der Waals surface area contributed by atoms with Crippen molar-refractivity contribution in [1.82, 2.24) is 5.01 Å². The summed E-state index contributed by atoms with van der Waals surface area (Å²) < 4.78 is 33.8. The van der Waals surface area contributed by atoms with Crippen LogP contribution in [0.1, 0.15) is 39.7 Å². The van der Waals surface area contributed by atoms with Gasteiger partial charge in [-0.2, -0.15) is 5.10 Å². The van der Waals surface area contributed by atoms with E-state index in [1.54, 1.807) is 12.1 Å². The van der Waals surface area contributed by atoms with Crippen LogP contribution < -0.4 is 0 Å². The standard InChI is InChI=1S/C24H22N2O6S/c1-16-5-7-17(8-6-16)20-14-21(22-4-3-13-31-22)26(25-20)23(27)15-32-24(28)18-9-11-19(12-10-18)33(2,29)30/h3-13,21H,14-15H2,1-2H3. The number of benzene rings is 2. The summed E-state index contributed by atoms with van der Waals surface area (Å²) in [6.07, 6.45) is 3.07. The molecule has 8 nitrogen and oxygen atoms in total. The largest absolute Gasteiger partial charge is 0.467 e. The van der Waals surface area contributed by atoms with Crippen molar-refractivity contribution in [2.75, 3.05) is 12.9 Å². The summed E-state index contributed by atoms with van der Waals surface area (Å²) in [4.78, 5) is 25.4. The first-order chi connectivity index (χ1) is 15.7. The van der Waals surface area contributed by atoms with Crippen LogP contribution in [0.4, 0.5) is 0 Å². The second-order valence-electron chi connectivity index (χ2n) is 7.76. The van der Waals surface area contributed by atoms with E-state index in [-0.39, 0.29) is 10.5 Å². The lowest BCUT2D eigenvalue weighted by molar-refractivity contribution is -0.136. The Balaban J connectivity index is 1.48. The smallest absolute Gasteiger partial charge is 0.338 e. The minimum absolute atomic E-state index is 0.0893. The minimum Gasteiger partial charge on any atom is -0.467 e. The molecule has 9 heteroatoms. The predicted molar refractivity (Wildman–Crippen MR) is 120 cm³/mol. The quantitative estimate of drug-likeness (QED) is 0.515. The lowest BCUT2D eigenvalue weighted by atomic mass is 10.0. The fraction of sp³-hybridized carbons (Fsp3) is 0.208. The molecule has 0 radical (unpaired) electrons. The molecule has 0 aliphatic carbocycles. The number of esters is 1. The summed E-state index contributed by atoms with van der Waals surface area (Å²) in [6.45, 7) is 1.47. The van der Waals surface area contributed by atoms with E-state index in [1.165, 1.54) is 35.5 Å². The van der Waals surface area contributed by atoms with Crippen molar-refractivity contribution >= 4 is 27.4 Å². The van der Waals surface area contributed by atoms with Gasteiger partial charge in [0.1, 0.15) is 11.8 Å². The summed E-state index contributed by atoms with van der Waals surface area (Å²) in [5.74, 6) is -0.656. The molecule has 2 heterocycles. The van der Waals surface area contributed by atoms with Gasteiger partial charge in [0, 0.05) is 12.7 Å². The normalized spacial score (nSPS) is 15.9. The molecule has 1 unspecified atom stereocenters. The highest BCUT2D eigenvalue weighted by Crippen LogP contribution is 2.33. The van der Waals surface area contributed by atoms with Gasteiger partial charge in [-0.15, -0.1) is 0 Å². The highest BCUT2D eigenvalue weighted by Gasteiger charge is 2.35. The molecular formula is C24H22N2O6S. The summed E-state index contributed by atoms with van der Waals surface area (Å²) in [5.41, 5.74) is 2.88. The number of nitrogens with zero attached hydrogens (tertiary/aromatic N) is 2. The average Bonchev–Trinajstić information content (AvgIpc) is 3.47. The van der Waals surface area contributed by atoms with E-state index in [0.29, 0.717) is 12.2 Å². The molecule has 0 saturated heterocycles. The summed E-state index contributed by atoms with van der Waals surface area (Å²) in [6, 6.07) is 16.2. The summed E-state index contributed by atoms with van der Waals surface area (Å²) in [7, 11) is -3.38. The molecule has 2 aromatic carbocycles. The molecule has 1 amide bonds. The number of ether oxygens (including phenoxy) is 1. The third-order valence-electron chi connectivity index (χ3n) is 5.27. The Bertz CT molecular complexity index is 1290. The number of carbonyl (C=O) groups excluding carboxylic acids is 2. The molecule has 33 heavy (non-hydrogen) atoms. The van der Waals surface area contributed by atoms with E-state index >= 15 is 0 Å². The molecule has 0 saturated carbocycles. The number of furan rings is 1. The van der Waals surface area contributed by atoms with Gasteiger partial charge in [-0.25, -0.2) is 18.2 Å². The Kier molecular flexibility index (Phi) is 6.15. The average molecular weight is 467 g/mol. The van der Waals surface area contributed by atoms with Gasteiger partial charge in [-0.05, 0) is 48.9 Å². The number of carbonyl (C=O) groups is 2. The maximum absolute atomic E-state index is 12.9. The van der Waals surface area contributed by atoms with Crippen LogP contribution in [-0.4, -0.2) is 43.9 Å². The summed E-state index contributed by atoms with van der Waals surface area (Å²) in [5, 5.41) is 5.78. The molecule has 3 aromatic rings. The number of hydrazone groups is 1. The fourth-order valence-corrected chi connectivity index (χ4v) is 4.11. The highest BCUT2D eigenvalue weighted by molar-refractivity contribution is 7.90. The molecule has 170 valence electrons. The number of rotatable bonds is 6. The zero-order chi connectivity index (χ0) is 23.6. The Morgan fingerprint density at radius 1 is 1.09 bits per heavy atom. The molecule has 0 N–H and O–H groups in total. The Labute approximate surface area is 191 Å². The van der Waals surface area contributed by atoms with Gasteiger partial charge in [0.25, 0.3) is 5.91 Å². The first-order valence-corrected chi connectivity index (χ1v) is 12.1. The lowest BCUT2D eigenvalue weighted by Gasteiger charge is -2.19. The maximum Gasteiger partial charge on any atom is 0.338 e. The Hall–Kier alpha value is -3.72. The van der Waals surface area contributed by atoms with E-state index < -0.39 is 34.4 Å². The molecule has 1 aliphatic rings. The molecular weight excluding hydrogens is 444 g/mol. The van der Waals surface area contributed by atoms with Crippen LogP contribution in [0.3, 0.4) is 0 Å². The highest BCUT2D eigenvalue weighted by atomic mass is 32.2. The Morgan fingerprint density at radius 3 is 2.39 bits per heavy atom. The van der Waals surface area contributed by atoms with Gasteiger partial charge in [0.15, 0.2) is 16.4 Å². The van der Waals surface area contributed by atoms with Gasteiger partial charge in [0.2, 0.25) is 0 Å². The first-order valence-electron chi connectivity index (χ1n) is 10.2. The van der Waals surface area contributed by atoms with Gasteiger partial charge < -0.3 is 9.15 Å². The predicted octanol–water partition coefficient (Wildman–Crippen LogP) is 3.53. The van der Waals surface area contributed by atoms with Crippen LogP contribution in [0.5, 0.6) is 0 Å². The second-order valence-corrected chi connectivity index (χ2v) is 9.77. The van der Waals surface area contributed by atoms with Crippen molar-refractivity contribution in [2.24, 2.45) is 5.10 Å². The summed E-state index contributed by atoms with van der Waals surface area (Å²) >= 11 is 0. The van der Waals surface area contributed by atoms with Gasteiger partial charge >= 0.3 is 5.97 Å². The van der Waals surface area contributed by atoms with E-state index in [0.717, 1.165) is 23.1 Å². The third-order valence-corrected chi connectivity index (χ3v) is 6.40. The second kappa shape index (κ2) is 9.03. The topological polar surface area (TPSA) is 106 Å². The molecule has 4 rings (SSSR count). The third kappa shape index (κ3) is 5.04. The monoisotopic (exact) mass is 466 g/mol. The molecule has 0 spiro atoms. The van der Waals surface area contributed by atoms with E-state index in [1.807, 2.05) is 31.2 Å². The van der Waals surface area contributed by atoms with E-state index in [2.05, 4.69) is 5.10 Å². The van der Waals surface area contributed by atoms with Crippen LogP contribution in [0.2, 0.25) is 0 Å². The van der Waals surface area contributed by atoms with E-state index in [4.69, 9.17) is 9.15 Å². The van der Waals surface area contributed by atoms with E-state index in [9.17, 15) is 18.0 Å². The lowest BCUT2D eigenvalue weighted by Crippen LogP contribution is -2.31. The number of hydrogen-bond acceptors (Lipinski definition) is 7. The molecule has 0 fully saturated rings. The number of aryl methyl sites for hydroxylation is 1. The van der Waals surface area contributed by atoms with Crippen LogP contribution in [0, 0.1) is 6.92 Å². The zero-order valence-electron chi connectivity index (χ0n) is 18.1. The van der Waals surface area contributed by atoms with Crippen molar-refractivity contribution in [1.29, 1.82) is 0 Å². The van der Waals surface area contributed by atoms with Crippen LogP contribution in [0.25, 0.3) is 0 Å². The molecule has 0 bridgehead atoms. The molecule has 1 atom stereocenters. The van der Waals surface area contributed by atoms with Crippen molar-refractivity contribution in [3.8, 4) is 0 Å². The number of hydrogen-bond donors (Lipinski definition) is 0. The Morgan fingerprint density at radius 2 is 1.79 bits per heavy atom. The van der Waals surface area contributed by atoms with Gasteiger partial charge in [0.05, 0.1) is 22.4 Å². The molecule has 1 aliphatic heterocycles. The molecule has 1 aromatic heterocycles. The van der Waals surface area contributed by atoms with Crippen LogP contribution >= 0.6 is 0 Å².